The van der Waals surface area contributed by atoms with Gasteiger partial charge in [-0.3, -0.25) is 9.63 Å². The number of benzene rings is 2. The molecule has 0 saturated carbocycles. The standard InChI is InChI=1S/C21H14F2N2O4S2/c1-10-7-8-11(17(23)16(10)22)12-9-30-19(15(12)21(27)28)24-18(26)20-25(29-2)13-5-3-4-6-14(13)31-20/h3-9H,1-2H3,(H-,24,26,27,28)/p+1. The Morgan fingerprint density at radius 1 is 1.10 bits per heavy atom. The number of carbonyl (C=O) groups is 2. The zero-order valence-electron chi connectivity index (χ0n) is 16.2. The Kier molecular flexibility index (Phi) is 5.42. The normalized spacial score (nSPS) is 11.0. The first-order chi connectivity index (χ1) is 14.8. The number of thiazole rings is 1. The second kappa shape index (κ2) is 8.05. The van der Waals surface area contributed by atoms with Gasteiger partial charge in [0.15, 0.2) is 11.6 Å². The number of rotatable bonds is 5. The molecule has 0 spiro atoms. The van der Waals surface area contributed by atoms with Crippen LogP contribution in [0.25, 0.3) is 21.3 Å². The number of halogens is 2. The Balaban J connectivity index is 1.76. The number of para-hydroxylation sites is 1. The van der Waals surface area contributed by atoms with Crippen LogP contribution in [-0.4, -0.2) is 24.1 Å². The number of fused-ring (bicyclic) bond motifs is 1. The lowest BCUT2D eigenvalue weighted by Gasteiger charge is -2.07. The Hall–Kier alpha value is -3.37. The Morgan fingerprint density at radius 2 is 1.84 bits per heavy atom. The summed E-state index contributed by atoms with van der Waals surface area (Å²) in [6.45, 7) is 1.41. The molecule has 0 aliphatic rings. The van der Waals surface area contributed by atoms with Crippen molar-refractivity contribution in [3.05, 3.63) is 69.5 Å². The highest BCUT2D eigenvalue weighted by atomic mass is 32.1. The predicted octanol–water partition coefficient (Wildman–Crippen LogP) is 4.51. The maximum absolute atomic E-state index is 14.5. The summed E-state index contributed by atoms with van der Waals surface area (Å²) in [6, 6.07) is 9.92. The molecular formula is C21H15F2N2O4S2+. The second-order valence-electron chi connectivity index (χ2n) is 6.52. The summed E-state index contributed by atoms with van der Waals surface area (Å²) in [5.74, 6) is -4.14. The molecule has 2 aromatic carbocycles. The van der Waals surface area contributed by atoms with Crippen LogP contribution in [0.15, 0.2) is 41.8 Å². The van der Waals surface area contributed by atoms with Crippen LogP contribution in [-0.2, 0) is 0 Å². The molecule has 4 rings (SSSR count). The third-order valence-corrected chi connectivity index (χ3v) is 6.65. The molecule has 31 heavy (non-hydrogen) atoms. The third kappa shape index (κ3) is 3.53. The van der Waals surface area contributed by atoms with Crippen molar-refractivity contribution in [3.8, 4) is 11.1 Å². The van der Waals surface area contributed by atoms with Crippen LogP contribution in [0.4, 0.5) is 13.8 Å². The highest BCUT2D eigenvalue weighted by molar-refractivity contribution is 7.20. The van der Waals surface area contributed by atoms with Gasteiger partial charge in [0.05, 0.1) is 0 Å². The number of aromatic nitrogens is 1. The summed E-state index contributed by atoms with van der Waals surface area (Å²) in [5, 5.41) is 13.9. The van der Waals surface area contributed by atoms with Gasteiger partial charge in [-0.05, 0) is 18.6 Å². The van der Waals surface area contributed by atoms with Crippen LogP contribution in [0, 0.1) is 18.6 Å². The minimum Gasteiger partial charge on any atom is -0.478 e. The van der Waals surface area contributed by atoms with E-state index >= 15 is 0 Å². The highest BCUT2D eigenvalue weighted by Crippen LogP contribution is 2.38. The van der Waals surface area contributed by atoms with E-state index in [1.165, 1.54) is 47.6 Å². The Bertz CT molecular complexity index is 1350. The van der Waals surface area contributed by atoms with Crippen LogP contribution in [0.1, 0.15) is 25.7 Å². The molecule has 0 unspecified atom stereocenters. The molecule has 0 fully saturated rings. The molecule has 0 aliphatic carbocycles. The number of nitrogens with zero attached hydrogens (tertiary/aromatic N) is 1. The second-order valence-corrected chi connectivity index (χ2v) is 8.43. The number of aromatic carboxylic acids is 1. The average Bonchev–Trinajstić information content (AvgIpc) is 3.33. The maximum atomic E-state index is 14.5. The highest BCUT2D eigenvalue weighted by Gasteiger charge is 2.31. The summed E-state index contributed by atoms with van der Waals surface area (Å²) >= 11 is 2.09. The quantitative estimate of drug-likeness (QED) is 0.429. The van der Waals surface area contributed by atoms with Crippen molar-refractivity contribution in [2.45, 2.75) is 6.92 Å². The van der Waals surface area contributed by atoms with Crippen LogP contribution in [0.2, 0.25) is 0 Å². The minimum absolute atomic E-state index is 0.00740. The van der Waals surface area contributed by atoms with Gasteiger partial charge >= 0.3 is 16.9 Å². The van der Waals surface area contributed by atoms with Gasteiger partial charge in [-0.15, -0.1) is 11.3 Å². The molecule has 0 radical (unpaired) electrons. The number of aryl methyl sites for hydroxylation is 1. The largest absolute Gasteiger partial charge is 0.478 e. The lowest BCUT2D eigenvalue weighted by atomic mass is 10.0. The lowest BCUT2D eigenvalue weighted by Crippen LogP contribution is -2.45. The van der Waals surface area contributed by atoms with E-state index in [1.54, 1.807) is 12.1 Å². The topological polar surface area (TPSA) is 79.5 Å². The summed E-state index contributed by atoms with van der Waals surface area (Å²) < 4.78 is 30.7. The van der Waals surface area contributed by atoms with Gasteiger partial charge in [0, 0.05) is 27.3 Å². The third-order valence-electron chi connectivity index (χ3n) is 4.65. The molecule has 0 aliphatic heterocycles. The van der Waals surface area contributed by atoms with E-state index in [1.807, 2.05) is 12.1 Å². The number of nitrogens with one attached hydrogen (secondary N) is 1. The van der Waals surface area contributed by atoms with Crippen molar-refractivity contribution in [3.63, 3.8) is 0 Å². The van der Waals surface area contributed by atoms with Crippen molar-refractivity contribution in [2.24, 2.45) is 0 Å². The minimum atomic E-state index is -1.37. The van der Waals surface area contributed by atoms with E-state index in [0.29, 0.717) is 5.52 Å². The molecule has 0 saturated heterocycles. The van der Waals surface area contributed by atoms with Gasteiger partial charge in [-0.25, -0.2) is 13.6 Å². The maximum Gasteiger partial charge on any atom is 0.378 e. The summed E-state index contributed by atoms with van der Waals surface area (Å²) in [6.07, 6.45) is 0. The number of carbonyl (C=O) groups excluding carboxylic acids is 1. The molecule has 0 atom stereocenters. The van der Waals surface area contributed by atoms with E-state index in [2.05, 4.69) is 5.32 Å². The van der Waals surface area contributed by atoms with Crippen molar-refractivity contribution >= 4 is 49.8 Å². The molecule has 2 N–H and O–H groups in total. The van der Waals surface area contributed by atoms with Gasteiger partial charge < -0.3 is 10.4 Å². The Labute approximate surface area is 182 Å². The first-order valence-electron chi connectivity index (χ1n) is 8.92. The fourth-order valence-electron chi connectivity index (χ4n) is 3.16. The zero-order chi connectivity index (χ0) is 22.3. The van der Waals surface area contributed by atoms with Gasteiger partial charge in [0.25, 0.3) is 5.52 Å². The first kappa shape index (κ1) is 20.9. The van der Waals surface area contributed by atoms with Gasteiger partial charge in [-0.2, -0.15) is 0 Å². The van der Waals surface area contributed by atoms with E-state index in [0.717, 1.165) is 16.0 Å². The molecule has 158 valence electrons. The van der Waals surface area contributed by atoms with Crippen molar-refractivity contribution in [1.29, 1.82) is 0 Å². The summed E-state index contributed by atoms with van der Waals surface area (Å²) in [5.41, 5.74) is 0.273. The number of hydrogen-bond donors (Lipinski definition) is 2. The SMILES string of the molecule is CO[n+]1c(C(=O)Nc2scc(-c3ccc(C)c(F)c3F)c2C(=O)O)sc2ccccc21. The number of thiophene rings is 1. The number of hydrogen-bond acceptors (Lipinski definition) is 5. The van der Waals surface area contributed by atoms with Gasteiger partial charge in [0.1, 0.15) is 22.4 Å². The van der Waals surface area contributed by atoms with E-state index in [-0.39, 0.29) is 32.3 Å². The molecule has 1 amide bonds. The monoisotopic (exact) mass is 461 g/mol. The molecule has 2 aromatic heterocycles. The number of amides is 1. The molecule has 4 aromatic rings. The van der Waals surface area contributed by atoms with Crippen LogP contribution in [0.5, 0.6) is 0 Å². The van der Waals surface area contributed by atoms with Crippen LogP contribution >= 0.6 is 22.7 Å². The molecule has 6 nitrogen and oxygen atoms in total. The van der Waals surface area contributed by atoms with Crippen LogP contribution in [0.3, 0.4) is 0 Å². The fraction of sp³-hybridized carbons (Fsp3) is 0.0952. The molecule has 2 heterocycles. The number of carboxylic acid groups (broad SMARTS) is 1. The van der Waals surface area contributed by atoms with E-state index < -0.39 is 23.5 Å². The number of carboxylic acids is 1. The smallest absolute Gasteiger partial charge is 0.378 e. The van der Waals surface area contributed by atoms with Crippen molar-refractivity contribution < 1.29 is 33.0 Å². The predicted molar refractivity (Wildman–Crippen MR) is 114 cm³/mol. The summed E-state index contributed by atoms with van der Waals surface area (Å²) in [7, 11) is 1.41. The van der Waals surface area contributed by atoms with E-state index in [9.17, 15) is 23.5 Å². The van der Waals surface area contributed by atoms with Crippen molar-refractivity contribution in [1.82, 2.24) is 0 Å². The summed E-state index contributed by atoms with van der Waals surface area (Å²) in [4.78, 5) is 30.2. The van der Waals surface area contributed by atoms with Crippen LogP contribution < -0.4 is 14.9 Å². The molecular weight excluding hydrogens is 446 g/mol. The van der Waals surface area contributed by atoms with Gasteiger partial charge in [-0.1, -0.05) is 35.6 Å². The fourth-order valence-corrected chi connectivity index (χ4v) is 5.11. The number of anilines is 1. The molecule has 10 heteroatoms. The van der Waals surface area contributed by atoms with E-state index in [4.69, 9.17) is 4.84 Å². The van der Waals surface area contributed by atoms with Crippen molar-refractivity contribution in [2.75, 3.05) is 12.4 Å². The first-order valence-corrected chi connectivity index (χ1v) is 10.6. The average molecular weight is 461 g/mol. The zero-order valence-corrected chi connectivity index (χ0v) is 17.9. The lowest BCUT2D eigenvalue weighted by molar-refractivity contribution is -0.863. The van der Waals surface area contributed by atoms with Gasteiger partial charge in [0.2, 0.25) is 0 Å². The molecule has 0 bridgehead atoms. The Morgan fingerprint density at radius 3 is 2.55 bits per heavy atom.